The van der Waals surface area contributed by atoms with Crippen LogP contribution in [0.2, 0.25) is 5.02 Å². The number of furan rings is 1. The van der Waals surface area contributed by atoms with Crippen LogP contribution in [-0.2, 0) is 10.0 Å². The fourth-order valence-corrected chi connectivity index (χ4v) is 5.32. The van der Waals surface area contributed by atoms with Gasteiger partial charge in [-0.05, 0) is 43.3 Å². The quantitative estimate of drug-likeness (QED) is 0.550. The van der Waals surface area contributed by atoms with Gasteiger partial charge in [-0.2, -0.15) is 4.31 Å². The molecule has 1 saturated heterocycles. The first kappa shape index (κ1) is 20.7. The molecule has 0 unspecified atom stereocenters. The van der Waals surface area contributed by atoms with E-state index in [9.17, 15) is 13.2 Å². The molecule has 0 atom stereocenters. The third kappa shape index (κ3) is 3.88. The summed E-state index contributed by atoms with van der Waals surface area (Å²) in [5, 5.41) is 0.548. The molecule has 4 rings (SSSR count). The van der Waals surface area contributed by atoms with Crippen LogP contribution in [0, 0.1) is 6.92 Å². The SMILES string of the molecule is Cc1ccc(S(=O)(=O)N2CCN(c3c(Cl)cccc3-c3ccc(C=O)o3)CC2)cc1. The van der Waals surface area contributed by atoms with E-state index in [4.69, 9.17) is 16.0 Å². The monoisotopic (exact) mass is 444 g/mol. The molecule has 156 valence electrons. The minimum atomic E-state index is -3.54. The molecular weight excluding hydrogens is 424 g/mol. The topological polar surface area (TPSA) is 70.8 Å². The average Bonchev–Trinajstić information content (AvgIpc) is 3.23. The third-order valence-corrected chi connectivity index (χ3v) is 7.43. The van der Waals surface area contributed by atoms with E-state index in [2.05, 4.69) is 4.90 Å². The largest absolute Gasteiger partial charge is 0.453 e. The summed E-state index contributed by atoms with van der Waals surface area (Å²) in [6.45, 7) is 3.59. The summed E-state index contributed by atoms with van der Waals surface area (Å²) in [6.07, 6.45) is 0.655. The van der Waals surface area contributed by atoms with Crippen molar-refractivity contribution in [3.05, 3.63) is 70.9 Å². The Kier molecular flexibility index (Phi) is 5.69. The fraction of sp³-hybridized carbons (Fsp3) is 0.227. The molecular formula is C22H21ClN2O4S. The van der Waals surface area contributed by atoms with Gasteiger partial charge >= 0.3 is 0 Å². The van der Waals surface area contributed by atoms with E-state index >= 15 is 0 Å². The molecule has 1 aromatic heterocycles. The van der Waals surface area contributed by atoms with Gasteiger partial charge in [0.1, 0.15) is 5.76 Å². The lowest BCUT2D eigenvalue weighted by Crippen LogP contribution is -2.48. The van der Waals surface area contributed by atoms with Crippen LogP contribution in [0.15, 0.2) is 63.9 Å². The van der Waals surface area contributed by atoms with E-state index in [1.54, 1.807) is 42.5 Å². The van der Waals surface area contributed by atoms with Gasteiger partial charge in [0, 0.05) is 31.7 Å². The number of aldehydes is 1. The zero-order chi connectivity index (χ0) is 21.3. The Bertz CT molecular complexity index is 1160. The molecule has 2 heterocycles. The van der Waals surface area contributed by atoms with Crippen molar-refractivity contribution in [3.63, 3.8) is 0 Å². The number of nitrogens with zero attached hydrogens (tertiary/aromatic N) is 2. The zero-order valence-corrected chi connectivity index (χ0v) is 18.0. The van der Waals surface area contributed by atoms with Gasteiger partial charge in [-0.25, -0.2) is 8.42 Å². The second-order valence-electron chi connectivity index (χ2n) is 7.16. The Morgan fingerprint density at radius 1 is 0.967 bits per heavy atom. The number of carbonyl (C=O) groups is 1. The highest BCUT2D eigenvalue weighted by Crippen LogP contribution is 2.38. The molecule has 1 fully saturated rings. The van der Waals surface area contributed by atoms with E-state index in [-0.39, 0.29) is 5.76 Å². The lowest BCUT2D eigenvalue weighted by atomic mass is 10.1. The van der Waals surface area contributed by atoms with Crippen LogP contribution in [0.3, 0.4) is 0 Å². The number of anilines is 1. The second kappa shape index (κ2) is 8.26. The number of rotatable bonds is 5. The Labute approximate surface area is 180 Å². The van der Waals surface area contributed by atoms with E-state index in [1.807, 2.05) is 19.1 Å². The summed E-state index contributed by atoms with van der Waals surface area (Å²) in [5.41, 5.74) is 2.56. The molecule has 0 radical (unpaired) electrons. The molecule has 0 bridgehead atoms. The summed E-state index contributed by atoms with van der Waals surface area (Å²) < 4.78 is 33.0. The molecule has 0 N–H and O–H groups in total. The molecule has 1 aliphatic heterocycles. The summed E-state index contributed by atoms with van der Waals surface area (Å²) in [5.74, 6) is 0.786. The number of hydrogen-bond acceptors (Lipinski definition) is 5. The Morgan fingerprint density at radius 3 is 2.30 bits per heavy atom. The second-order valence-corrected chi connectivity index (χ2v) is 9.51. The number of sulfonamides is 1. The van der Waals surface area contributed by atoms with Crippen molar-refractivity contribution >= 4 is 33.6 Å². The Morgan fingerprint density at radius 2 is 1.67 bits per heavy atom. The highest BCUT2D eigenvalue weighted by Gasteiger charge is 2.30. The Balaban J connectivity index is 1.57. The molecule has 30 heavy (non-hydrogen) atoms. The molecule has 2 aromatic carbocycles. The number of halogens is 1. The molecule has 6 nitrogen and oxygen atoms in total. The van der Waals surface area contributed by atoms with Gasteiger partial charge in [-0.15, -0.1) is 0 Å². The van der Waals surface area contributed by atoms with Gasteiger partial charge in [-0.3, -0.25) is 4.79 Å². The summed E-state index contributed by atoms with van der Waals surface area (Å²) in [4.78, 5) is 13.3. The van der Waals surface area contributed by atoms with Gasteiger partial charge in [0.25, 0.3) is 0 Å². The number of benzene rings is 2. The number of hydrogen-bond donors (Lipinski definition) is 0. The van der Waals surface area contributed by atoms with Crippen molar-refractivity contribution in [2.24, 2.45) is 0 Å². The van der Waals surface area contributed by atoms with Gasteiger partial charge in [0.15, 0.2) is 12.0 Å². The van der Waals surface area contributed by atoms with Crippen molar-refractivity contribution in [3.8, 4) is 11.3 Å². The third-order valence-electron chi connectivity index (χ3n) is 5.21. The molecule has 0 amide bonds. The first-order valence-corrected chi connectivity index (χ1v) is 11.4. The van der Waals surface area contributed by atoms with E-state index < -0.39 is 10.0 Å². The normalized spacial score (nSPS) is 15.3. The Hall–Kier alpha value is -2.61. The van der Waals surface area contributed by atoms with Crippen molar-refractivity contribution in [1.29, 1.82) is 0 Å². The highest BCUT2D eigenvalue weighted by atomic mass is 35.5. The molecule has 8 heteroatoms. The number of para-hydroxylation sites is 1. The number of piperazine rings is 1. The van der Waals surface area contributed by atoms with Gasteiger partial charge in [0.2, 0.25) is 10.0 Å². The van der Waals surface area contributed by atoms with Crippen LogP contribution >= 0.6 is 11.6 Å². The standard InChI is InChI=1S/C22H21ClN2O4S/c1-16-5-8-18(9-6-16)30(27,28)25-13-11-24(12-14-25)22-19(3-2-4-20(22)23)21-10-7-17(15-26)29-21/h2-10,15H,11-14H2,1H3. The van der Waals surface area contributed by atoms with Crippen molar-refractivity contribution < 1.29 is 17.6 Å². The summed E-state index contributed by atoms with van der Waals surface area (Å²) >= 11 is 6.51. The summed E-state index contributed by atoms with van der Waals surface area (Å²) in [6, 6.07) is 15.7. The lowest BCUT2D eigenvalue weighted by molar-refractivity contribution is 0.110. The molecule has 0 spiro atoms. The fourth-order valence-electron chi connectivity index (χ4n) is 3.61. The minimum Gasteiger partial charge on any atom is -0.453 e. The molecule has 0 aliphatic carbocycles. The maximum absolute atomic E-state index is 13.0. The lowest BCUT2D eigenvalue weighted by Gasteiger charge is -2.36. The predicted octanol–water partition coefficient (Wildman–Crippen LogP) is 4.23. The van der Waals surface area contributed by atoms with E-state index in [0.717, 1.165) is 16.8 Å². The number of carbonyl (C=O) groups excluding carboxylic acids is 1. The van der Waals surface area contributed by atoms with Gasteiger partial charge < -0.3 is 9.32 Å². The van der Waals surface area contributed by atoms with Crippen molar-refractivity contribution in [2.45, 2.75) is 11.8 Å². The van der Waals surface area contributed by atoms with E-state index in [1.165, 1.54) is 4.31 Å². The maximum Gasteiger partial charge on any atom is 0.243 e. The van der Waals surface area contributed by atoms with Crippen LogP contribution in [0.1, 0.15) is 16.1 Å². The molecule has 3 aromatic rings. The van der Waals surface area contributed by atoms with Crippen LogP contribution in [0.25, 0.3) is 11.3 Å². The average molecular weight is 445 g/mol. The van der Waals surface area contributed by atoms with Crippen LogP contribution in [-0.4, -0.2) is 45.2 Å². The first-order valence-electron chi connectivity index (χ1n) is 9.56. The van der Waals surface area contributed by atoms with Crippen LogP contribution in [0.4, 0.5) is 5.69 Å². The van der Waals surface area contributed by atoms with Crippen LogP contribution in [0.5, 0.6) is 0 Å². The minimum absolute atomic E-state index is 0.241. The zero-order valence-electron chi connectivity index (χ0n) is 16.4. The maximum atomic E-state index is 13.0. The van der Waals surface area contributed by atoms with Gasteiger partial charge in [0.05, 0.1) is 15.6 Å². The van der Waals surface area contributed by atoms with Crippen molar-refractivity contribution in [2.75, 3.05) is 31.1 Å². The number of aryl methyl sites for hydroxylation is 1. The summed E-state index contributed by atoms with van der Waals surface area (Å²) in [7, 11) is -3.54. The van der Waals surface area contributed by atoms with Crippen LogP contribution < -0.4 is 4.90 Å². The molecule has 0 saturated carbocycles. The molecule has 1 aliphatic rings. The van der Waals surface area contributed by atoms with Gasteiger partial charge in [-0.1, -0.05) is 35.4 Å². The first-order chi connectivity index (χ1) is 14.4. The van der Waals surface area contributed by atoms with Crippen molar-refractivity contribution in [1.82, 2.24) is 4.31 Å². The smallest absolute Gasteiger partial charge is 0.243 e. The predicted molar refractivity (Wildman–Crippen MR) is 117 cm³/mol. The van der Waals surface area contributed by atoms with E-state index in [0.29, 0.717) is 48.1 Å². The highest BCUT2D eigenvalue weighted by molar-refractivity contribution is 7.89.